The van der Waals surface area contributed by atoms with E-state index in [1.54, 1.807) is 43.3 Å². The van der Waals surface area contributed by atoms with Gasteiger partial charge in [0.05, 0.1) is 6.42 Å². The van der Waals surface area contributed by atoms with Gasteiger partial charge in [0.1, 0.15) is 6.04 Å². The minimum atomic E-state index is -0.706. The zero-order valence-electron chi connectivity index (χ0n) is 17.8. The molecule has 2 amide bonds. The first-order valence-corrected chi connectivity index (χ1v) is 12.2. The molecule has 2 aromatic carbocycles. The number of hydrogen-bond acceptors (Lipinski definition) is 2. The third-order valence-electron chi connectivity index (χ3n) is 5.87. The van der Waals surface area contributed by atoms with Crippen LogP contribution < -0.4 is 5.32 Å². The molecule has 0 saturated heterocycles. The maximum absolute atomic E-state index is 13.4. The summed E-state index contributed by atoms with van der Waals surface area (Å²) in [6, 6.07) is 9.61. The lowest BCUT2D eigenvalue weighted by Crippen LogP contribution is -2.50. The van der Waals surface area contributed by atoms with Crippen LogP contribution in [0.15, 0.2) is 36.4 Å². The van der Waals surface area contributed by atoms with Gasteiger partial charge in [0.15, 0.2) is 0 Å². The highest BCUT2D eigenvalue weighted by Crippen LogP contribution is 2.28. The molecule has 1 fully saturated rings. The van der Waals surface area contributed by atoms with E-state index in [0.29, 0.717) is 31.2 Å². The van der Waals surface area contributed by atoms with Crippen LogP contribution in [0.4, 0.5) is 0 Å². The molecular formula is C24H26Cl4N2O2. The van der Waals surface area contributed by atoms with Crippen molar-refractivity contribution in [2.24, 2.45) is 0 Å². The molecule has 1 aliphatic rings. The number of carbonyl (C=O) groups is 2. The maximum Gasteiger partial charge on any atom is 0.242 e. The molecule has 172 valence electrons. The van der Waals surface area contributed by atoms with Crippen molar-refractivity contribution in [3.05, 3.63) is 67.6 Å². The molecule has 1 atom stereocenters. The summed E-state index contributed by atoms with van der Waals surface area (Å²) in [5.41, 5.74) is 1.24. The second-order valence-corrected chi connectivity index (χ2v) is 9.81. The Balaban J connectivity index is 1.83. The van der Waals surface area contributed by atoms with Crippen LogP contribution in [-0.2, 0) is 22.6 Å². The molecule has 4 nitrogen and oxygen atoms in total. The second-order valence-electron chi connectivity index (χ2n) is 8.15. The van der Waals surface area contributed by atoms with Gasteiger partial charge in [-0.3, -0.25) is 9.59 Å². The third-order valence-corrected chi connectivity index (χ3v) is 7.16. The van der Waals surface area contributed by atoms with Crippen LogP contribution in [0.5, 0.6) is 0 Å². The molecule has 2 aromatic rings. The van der Waals surface area contributed by atoms with Crippen LogP contribution in [-0.4, -0.2) is 28.8 Å². The summed E-state index contributed by atoms with van der Waals surface area (Å²) in [6.07, 6.45) is 5.35. The van der Waals surface area contributed by atoms with Gasteiger partial charge in [-0.1, -0.05) is 77.8 Å². The minimum Gasteiger partial charge on any atom is -0.352 e. The summed E-state index contributed by atoms with van der Waals surface area (Å²) in [6.45, 7) is 1.84. The highest BCUT2D eigenvalue weighted by atomic mass is 35.5. The standard InChI is InChI=1S/C24H26Cl4N2O2/c1-15(24(32)29-18-6-3-2-4-7-18)30(14-19-20(26)8-5-9-21(19)27)23(31)12-16-10-11-17(25)13-22(16)28/h5,8-11,13,15,18H,2-4,6-7,12,14H2,1H3,(H,29,32)/t15-/m1/s1. The molecule has 0 spiro atoms. The van der Waals surface area contributed by atoms with E-state index in [0.717, 1.165) is 25.7 Å². The van der Waals surface area contributed by atoms with E-state index >= 15 is 0 Å². The highest BCUT2D eigenvalue weighted by molar-refractivity contribution is 6.36. The van der Waals surface area contributed by atoms with Crippen LogP contribution in [0.3, 0.4) is 0 Å². The Morgan fingerprint density at radius 1 is 1.00 bits per heavy atom. The fourth-order valence-electron chi connectivity index (χ4n) is 3.93. The molecule has 1 N–H and O–H groups in total. The lowest BCUT2D eigenvalue weighted by Gasteiger charge is -2.31. The predicted octanol–water partition coefficient (Wildman–Crippen LogP) is 6.71. The van der Waals surface area contributed by atoms with Crippen molar-refractivity contribution in [2.75, 3.05) is 0 Å². The van der Waals surface area contributed by atoms with Crippen molar-refractivity contribution >= 4 is 58.2 Å². The molecule has 1 aliphatic carbocycles. The Kier molecular flexibility index (Phi) is 9.13. The van der Waals surface area contributed by atoms with Crippen molar-refractivity contribution < 1.29 is 9.59 Å². The number of halogens is 4. The Morgan fingerprint density at radius 3 is 2.28 bits per heavy atom. The SMILES string of the molecule is C[C@H](C(=O)NC1CCCCC1)N(Cc1c(Cl)cccc1Cl)C(=O)Cc1ccc(Cl)cc1Cl. The average molecular weight is 516 g/mol. The fraction of sp³-hybridized carbons (Fsp3) is 0.417. The largest absolute Gasteiger partial charge is 0.352 e. The maximum atomic E-state index is 13.4. The molecular weight excluding hydrogens is 490 g/mol. The molecule has 0 radical (unpaired) electrons. The number of nitrogens with one attached hydrogen (secondary N) is 1. The number of rotatable bonds is 7. The molecule has 0 aliphatic heterocycles. The Bertz CT molecular complexity index is 956. The smallest absolute Gasteiger partial charge is 0.242 e. The van der Waals surface area contributed by atoms with E-state index in [9.17, 15) is 9.59 Å². The van der Waals surface area contributed by atoms with Gasteiger partial charge in [-0.05, 0) is 49.6 Å². The van der Waals surface area contributed by atoms with Crippen molar-refractivity contribution in [2.45, 2.75) is 64.1 Å². The highest BCUT2D eigenvalue weighted by Gasteiger charge is 2.29. The lowest BCUT2D eigenvalue weighted by molar-refractivity contribution is -0.140. The summed E-state index contributed by atoms with van der Waals surface area (Å²) in [5.74, 6) is -0.438. The van der Waals surface area contributed by atoms with E-state index in [1.165, 1.54) is 11.3 Å². The average Bonchev–Trinajstić information content (AvgIpc) is 2.75. The van der Waals surface area contributed by atoms with Gasteiger partial charge in [0, 0.05) is 38.2 Å². The molecule has 0 aromatic heterocycles. The fourth-order valence-corrected chi connectivity index (χ4v) is 4.93. The molecule has 1 saturated carbocycles. The first-order valence-electron chi connectivity index (χ1n) is 10.7. The Hall–Kier alpha value is -1.46. The Morgan fingerprint density at radius 2 is 1.66 bits per heavy atom. The van der Waals surface area contributed by atoms with Gasteiger partial charge in [-0.25, -0.2) is 0 Å². The summed E-state index contributed by atoms with van der Waals surface area (Å²) in [4.78, 5) is 28.0. The first kappa shape index (κ1) is 25.2. The van der Waals surface area contributed by atoms with Crippen molar-refractivity contribution in [3.63, 3.8) is 0 Å². The van der Waals surface area contributed by atoms with Gasteiger partial charge in [-0.15, -0.1) is 0 Å². The van der Waals surface area contributed by atoms with Crippen molar-refractivity contribution in [3.8, 4) is 0 Å². The normalized spacial score (nSPS) is 15.3. The van der Waals surface area contributed by atoms with Gasteiger partial charge in [-0.2, -0.15) is 0 Å². The Labute approximate surface area is 209 Å². The molecule has 0 heterocycles. The zero-order valence-corrected chi connectivity index (χ0v) is 20.9. The van der Waals surface area contributed by atoms with Crippen molar-refractivity contribution in [1.82, 2.24) is 10.2 Å². The van der Waals surface area contributed by atoms with Crippen LogP contribution in [0.25, 0.3) is 0 Å². The second kappa shape index (κ2) is 11.6. The summed E-state index contributed by atoms with van der Waals surface area (Å²) in [7, 11) is 0. The third kappa shape index (κ3) is 6.54. The summed E-state index contributed by atoms with van der Waals surface area (Å²) in [5, 5.41) is 4.89. The summed E-state index contributed by atoms with van der Waals surface area (Å²) >= 11 is 25.0. The zero-order chi connectivity index (χ0) is 23.3. The molecule has 32 heavy (non-hydrogen) atoms. The molecule has 3 rings (SSSR count). The molecule has 8 heteroatoms. The summed E-state index contributed by atoms with van der Waals surface area (Å²) < 4.78 is 0. The monoisotopic (exact) mass is 514 g/mol. The number of hydrogen-bond donors (Lipinski definition) is 1. The van der Waals surface area contributed by atoms with E-state index in [-0.39, 0.29) is 30.8 Å². The number of nitrogens with zero attached hydrogens (tertiary/aromatic N) is 1. The van der Waals surface area contributed by atoms with Crippen LogP contribution >= 0.6 is 46.4 Å². The predicted molar refractivity (Wildman–Crippen MR) is 132 cm³/mol. The van der Waals surface area contributed by atoms with Crippen LogP contribution in [0, 0.1) is 0 Å². The van der Waals surface area contributed by atoms with E-state index in [4.69, 9.17) is 46.4 Å². The van der Waals surface area contributed by atoms with Gasteiger partial charge < -0.3 is 10.2 Å². The number of amides is 2. The number of carbonyl (C=O) groups excluding carboxylic acids is 2. The lowest BCUT2D eigenvalue weighted by atomic mass is 9.95. The van der Waals surface area contributed by atoms with E-state index in [1.807, 2.05) is 0 Å². The topological polar surface area (TPSA) is 49.4 Å². The van der Waals surface area contributed by atoms with Crippen molar-refractivity contribution in [1.29, 1.82) is 0 Å². The quantitative estimate of drug-likeness (QED) is 0.445. The van der Waals surface area contributed by atoms with Crippen LogP contribution in [0.2, 0.25) is 20.1 Å². The molecule has 0 unspecified atom stereocenters. The number of benzene rings is 2. The first-order chi connectivity index (χ1) is 15.3. The van der Waals surface area contributed by atoms with Gasteiger partial charge in [0.2, 0.25) is 11.8 Å². The molecule has 0 bridgehead atoms. The van der Waals surface area contributed by atoms with Crippen LogP contribution in [0.1, 0.15) is 50.2 Å². The minimum absolute atomic E-state index is 0.0269. The van der Waals surface area contributed by atoms with Gasteiger partial charge >= 0.3 is 0 Å². The van der Waals surface area contributed by atoms with Gasteiger partial charge in [0.25, 0.3) is 0 Å². The van der Waals surface area contributed by atoms with E-state index in [2.05, 4.69) is 5.32 Å². The van der Waals surface area contributed by atoms with E-state index < -0.39 is 6.04 Å².